The first-order valence-corrected chi connectivity index (χ1v) is 11.6. The van der Waals surface area contributed by atoms with Crippen LogP contribution in [0.5, 0.6) is 0 Å². The van der Waals surface area contributed by atoms with Gasteiger partial charge in [-0.3, -0.25) is 4.79 Å². The average Bonchev–Trinajstić information content (AvgIpc) is 3.29. The van der Waals surface area contributed by atoms with Crippen LogP contribution in [0.4, 0.5) is 0 Å². The number of carboxylic acid groups (broad SMARTS) is 1. The van der Waals surface area contributed by atoms with Crippen LogP contribution in [-0.4, -0.2) is 34.8 Å². The van der Waals surface area contributed by atoms with Gasteiger partial charge in [-0.1, -0.05) is 23.8 Å². The monoisotopic (exact) mass is 378 g/mol. The summed E-state index contributed by atoms with van der Waals surface area (Å²) in [6.45, 7) is 2.30. The van der Waals surface area contributed by atoms with Gasteiger partial charge in [0.25, 0.3) is 0 Å². The Hall–Kier alpha value is -0.740. The summed E-state index contributed by atoms with van der Waals surface area (Å²) in [6.07, 6.45) is 17.3. The van der Waals surface area contributed by atoms with Crippen LogP contribution in [0, 0.1) is 17.8 Å². The van der Waals surface area contributed by atoms with Crippen molar-refractivity contribution in [1.29, 1.82) is 0 Å². The molecule has 2 heterocycles. The minimum Gasteiger partial charge on any atom is -0.481 e. The van der Waals surface area contributed by atoms with Crippen molar-refractivity contribution in [2.24, 2.45) is 17.8 Å². The van der Waals surface area contributed by atoms with E-state index >= 15 is 0 Å². The quantitative estimate of drug-likeness (QED) is 0.362. The van der Waals surface area contributed by atoms with E-state index in [-0.39, 0.29) is 6.42 Å². The minimum atomic E-state index is -0.695. The fourth-order valence-corrected chi connectivity index (χ4v) is 5.65. The predicted molar refractivity (Wildman–Crippen MR) is 109 cm³/mol. The van der Waals surface area contributed by atoms with Crippen LogP contribution in [0.15, 0.2) is 23.8 Å². The number of allylic oxidation sites excluding steroid dienone is 4. The van der Waals surface area contributed by atoms with E-state index in [0.29, 0.717) is 24.0 Å². The number of hydrogen-bond acceptors (Lipinski definition) is 3. The highest BCUT2D eigenvalue weighted by Gasteiger charge is 2.47. The molecule has 1 N–H and O–H groups in total. The van der Waals surface area contributed by atoms with Gasteiger partial charge in [0.1, 0.15) is 0 Å². The second kappa shape index (κ2) is 9.98. The summed E-state index contributed by atoms with van der Waals surface area (Å²) in [5.41, 5.74) is 1.61. The second-order valence-corrected chi connectivity index (χ2v) is 9.35. The van der Waals surface area contributed by atoms with Crippen molar-refractivity contribution in [1.82, 2.24) is 0 Å². The lowest BCUT2D eigenvalue weighted by molar-refractivity contribution is -0.137. The number of carboxylic acids is 1. The zero-order valence-corrected chi connectivity index (χ0v) is 16.9. The molecule has 26 heavy (non-hydrogen) atoms. The molecule has 2 bridgehead atoms. The van der Waals surface area contributed by atoms with Gasteiger partial charge in [0.2, 0.25) is 0 Å². The summed E-state index contributed by atoms with van der Waals surface area (Å²) < 4.78 is 6.21. The Bertz CT molecular complexity index is 523. The van der Waals surface area contributed by atoms with Crippen LogP contribution in [0.25, 0.3) is 0 Å². The van der Waals surface area contributed by atoms with Gasteiger partial charge >= 0.3 is 5.97 Å². The summed E-state index contributed by atoms with van der Waals surface area (Å²) in [5, 5.41) is 8.68. The number of fused-ring (bicyclic) bond motifs is 2. The van der Waals surface area contributed by atoms with E-state index in [1.165, 1.54) is 43.6 Å². The molecule has 0 aromatic rings. The molecule has 1 aliphatic carbocycles. The normalized spacial score (nSPS) is 31.2. The molecule has 0 amide bonds. The van der Waals surface area contributed by atoms with Gasteiger partial charge in [-0.05, 0) is 87.5 Å². The number of hydrogen-bond donors (Lipinski definition) is 1. The maximum Gasteiger partial charge on any atom is 0.303 e. The third kappa shape index (κ3) is 5.88. The first kappa shape index (κ1) is 20.0. The summed E-state index contributed by atoms with van der Waals surface area (Å²) >= 11 is 2.10. The molecule has 3 aliphatic rings. The van der Waals surface area contributed by atoms with Crippen molar-refractivity contribution in [2.75, 3.05) is 11.5 Å². The van der Waals surface area contributed by atoms with E-state index in [0.717, 1.165) is 25.2 Å². The van der Waals surface area contributed by atoms with Crippen LogP contribution >= 0.6 is 11.8 Å². The molecule has 0 aromatic heterocycles. The van der Waals surface area contributed by atoms with Crippen LogP contribution in [0.2, 0.25) is 0 Å². The number of rotatable bonds is 12. The van der Waals surface area contributed by atoms with Crippen molar-refractivity contribution in [2.45, 2.75) is 76.9 Å². The first-order valence-electron chi connectivity index (χ1n) is 10.4. The number of carbonyl (C=O) groups is 1. The van der Waals surface area contributed by atoms with Crippen molar-refractivity contribution in [3.05, 3.63) is 23.8 Å². The molecule has 146 valence electrons. The van der Waals surface area contributed by atoms with Gasteiger partial charge in [0.05, 0.1) is 12.2 Å². The lowest BCUT2D eigenvalue weighted by Gasteiger charge is -2.27. The molecule has 3 rings (SSSR count). The van der Waals surface area contributed by atoms with Gasteiger partial charge < -0.3 is 9.84 Å². The van der Waals surface area contributed by atoms with Crippen molar-refractivity contribution < 1.29 is 14.6 Å². The fourth-order valence-electron chi connectivity index (χ4n) is 4.47. The Morgan fingerprint density at radius 3 is 2.62 bits per heavy atom. The number of ether oxygens (including phenoxy) is 1. The zero-order chi connectivity index (χ0) is 18.4. The highest BCUT2D eigenvalue weighted by Crippen LogP contribution is 2.46. The zero-order valence-electron chi connectivity index (χ0n) is 16.1. The lowest BCUT2D eigenvalue weighted by atomic mass is 9.78. The van der Waals surface area contributed by atoms with Gasteiger partial charge in [-0.15, -0.1) is 0 Å². The molecule has 3 fully saturated rings. The van der Waals surface area contributed by atoms with Crippen LogP contribution in [-0.2, 0) is 9.53 Å². The second-order valence-electron chi connectivity index (χ2n) is 8.20. The smallest absolute Gasteiger partial charge is 0.303 e. The largest absolute Gasteiger partial charge is 0.481 e. The predicted octanol–water partition coefficient (Wildman–Crippen LogP) is 5.46. The molecular weight excluding hydrogens is 344 g/mol. The molecular formula is C22H34O3S. The van der Waals surface area contributed by atoms with E-state index in [1.54, 1.807) is 5.57 Å². The molecule has 4 atom stereocenters. The molecule has 4 heteroatoms. The topological polar surface area (TPSA) is 46.5 Å². The standard InChI is InChI=1S/C22H34O3S/c1-16(17-10-11-17)7-6-14-26-15-19-18(20-12-13-21(19)25-20)8-4-2-3-5-9-22(23)24/h2,4,7,17-21H,3,5-6,8-15H2,1H3,(H,23,24)/b4-2-,16-7?/t18-,19-,20-,21+/m1/s1. The third-order valence-corrected chi connectivity index (χ3v) is 7.33. The molecule has 3 nitrogen and oxygen atoms in total. The maximum absolute atomic E-state index is 10.5. The van der Waals surface area contributed by atoms with E-state index in [9.17, 15) is 4.79 Å². The van der Waals surface area contributed by atoms with E-state index < -0.39 is 5.97 Å². The highest BCUT2D eigenvalue weighted by molar-refractivity contribution is 7.99. The van der Waals surface area contributed by atoms with E-state index in [2.05, 4.69) is 36.9 Å². The SMILES string of the molecule is CC(=CCCSC[C@@H]1[C@@H](C/C=C\CCCC(=O)O)[C@H]2CC[C@@H]1O2)C1CC1. The molecule has 0 spiro atoms. The summed E-state index contributed by atoms with van der Waals surface area (Å²) in [4.78, 5) is 10.5. The van der Waals surface area contributed by atoms with Gasteiger partial charge in [-0.25, -0.2) is 0 Å². The molecule has 0 unspecified atom stereocenters. The molecule has 0 aromatic carbocycles. The Balaban J connectivity index is 1.35. The Morgan fingerprint density at radius 1 is 1.12 bits per heavy atom. The van der Waals surface area contributed by atoms with Crippen molar-refractivity contribution in [3.63, 3.8) is 0 Å². The number of aliphatic carboxylic acids is 1. The molecule has 2 saturated heterocycles. The van der Waals surface area contributed by atoms with Gasteiger partial charge in [0, 0.05) is 6.42 Å². The summed E-state index contributed by atoms with van der Waals surface area (Å²) in [7, 11) is 0. The minimum absolute atomic E-state index is 0.273. The molecule has 0 radical (unpaired) electrons. The third-order valence-electron chi connectivity index (χ3n) is 6.19. The number of thioether (sulfide) groups is 1. The van der Waals surface area contributed by atoms with Crippen molar-refractivity contribution in [3.8, 4) is 0 Å². The van der Waals surface area contributed by atoms with E-state index in [1.807, 2.05) is 0 Å². The van der Waals surface area contributed by atoms with Crippen LogP contribution < -0.4 is 0 Å². The lowest BCUT2D eigenvalue weighted by Crippen LogP contribution is -2.28. The average molecular weight is 379 g/mol. The van der Waals surface area contributed by atoms with Crippen molar-refractivity contribution >= 4 is 17.7 Å². The Morgan fingerprint density at radius 2 is 1.88 bits per heavy atom. The number of unbranched alkanes of at least 4 members (excludes halogenated alkanes) is 1. The first-order chi connectivity index (χ1) is 12.6. The van der Waals surface area contributed by atoms with Crippen LogP contribution in [0.3, 0.4) is 0 Å². The summed E-state index contributed by atoms with van der Waals surface area (Å²) in [5.74, 6) is 4.05. The molecule has 2 aliphatic heterocycles. The summed E-state index contributed by atoms with van der Waals surface area (Å²) in [6, 6.07) is 0. The highest BCUT2D eigenvalue weighted by atomic mass is 32.2. The van der Waals surface area contributed by atoms with Gasteiger partial charge in [-0.2, -0.15) is 11.8 Å². The van der Waals surface area contributed by atoms with Crippen LogP contribution in [0.1, 0.15) is 64.7 Å². The fraction of sp³-hybridized carbons (Fsp3) is 0.773. The Kier molecular flexibility index (Phi) is 7.68. The van der Waals surface area contributed by atoms with E-state index in [4.69, 9.17) is 9.84 Å². The molecule has 1 saturated carbocycles. The maximum atomic E-state index is 10.5. The van der Waals surface area contributed by atoms with Gasteiger partial charge in [0.15, 0.2) is 0 Å². The Labute approximate surface area is 162 Å².